The monoisotopic (exact) mass is 461 g/mol. The highest BCUT2D eigenvalue weighted by molar-refractivity contribution is 9.10. The minimum absolute atomic E-state index is 0.0794. The third kappa shape index (κ3) is 4.94. The van der Waals surface area contributed by atoms with Crippen LogP contribution in [0.3, 0.4) is 0 Å². The molecule has 1 heterocycles. The van der Waals surface area contributed by atoms with Gasteiger partial charge in [-0.25, -0.2) is 0 Å². The summed E-state index contributed by atoms with van der Waals surface area (Å²) in [5.41, 5.74) is 2.36. The van der Waals surface area contributed by atoms with E-state index in [0.717, 1.165) is 21.5 Å². The first-order chi connectivity index (χ1) is 13.5. The molecule has 28 heavy (non-hydrogen) atoms. The third-order valence-corrected chi connectivity index (χ3v) is 5.12. The van der Waals surface area contributed by atoms with E-state index in [1.54, 1.807) is 28.9 Å². The zero-order valence-corrected chi connectivity index (χ0v) is 18.1. The van der Waals surface area contributed by atoms with Gasteiger partial charge in [0.05, 0.1) is 23.5 Å². The molecule has 0 N–H and O–H groups in total. The number of hydrogen-bond acceptors (Lipinski definition) is 3. The number of aryl methyl sites for hydroxylation is 1. The van der Waals surface area contributed by atoms with Gasteiger partial charge in [-0.3, -0.25) is 9.48 Å². The molecular formula is C21H21BrClN3O2. The highest BCUT2D eigenvalue weighted by Gasteiger charge is 2.17. The molecule has 0 atom stereocenters. The summed E-state index contributed by atoms with van der Waals surface area (Å²) in [7, 11) is 1.76. The summed E-state index contributed by atoms with van der Waals surface area (Å²) in [5, 5.41) is 4.79. The lowest BCUT2D eigenvalue weighted by molar-refractivity contribution is 0.0781. The van der Waals surface area contributed by atoms with Crippen LogP contribution in [0.25, 0.3) is 0 Å². The van der Waals surface area contributed by atoms with Crippen molar-refractivity contribution in [1.82, 2.24) is 14.7 Å². The molecule has 0 saturated heterocycles. The number of nitrogens with zero attached hydrogens (tertiary/aromatic N) is 3. The van der Waals surface area contributed by atoms with E-state index in [2.05, 4.69) is 21.0 Å². The van der Waals surface area contributed by atoms with Gasteiger partial charge in [-0.1, -0.05) is 45.7 Å². The molecule has 5 nitrogen and oxygen atoms in total. The zero-order valence-electron chi connectivity index (χ0n) is 15.7. The Morgan fingerprint density at radius 1 is 1.25 bits per heavy atom. The van der Waals surface area contributed by atoms with E-state index in [1.165, 1.54) is 0 Å². The van der Waals surface area contributed by atoms with Crippen LogP contribution in [-0.4, -0.2) is 27.6 Å². The van der Waals surface area contributed by atoms with Crippen LogP contribution >= 0.6 is 27.5 Å². The van der Waals surface area contributed by atoms with Gasteiger partial charge in [-0.05, 0) is 42.8 Å². The molecule has 0 spiro atoms. The minimum atomic E-state index is -0.0794. The van der Waals surface area contributed by atoms with Gasteiger partial charge >= 0.3 is 0 Å². The molecule has 0 aliphatic rings. The van der Waals surface area contributed by atoms with Crippen molar-refractivity contribution >= 4 is 33.4 Å². The summed E-state index contributed by atoms with van der Waals surface area (Å²) in [6, 6.07) is 15.1. The van der Waals surface area contributed by atoms with Crippen molar-refractivity contribution < 1.29 is 9.53 Å². The predicted octanol–water partition coefficient (Wildman–Crippen LogP) is 5.17. The summed E-state index contributed by atoms with van der Waals surface area (Å²) >= 11 is 9.64. The Balaban J connectivity index is 1.68. The van der Waals surface area contributed by atoms with Gasteiger partial charge in [-0.15, -0.1) is 0 Å². The molecule has 0 radical (unpaired) electrons. The van der Waals surface area contributed by atoms with Crippen molar-refractivity contribution in [2.24, 2.45) is 0 Å². The fourth-order valence-electron chi connectivity index (χ4n) is 2.85. The van der Waals surface area contributed by atoms with Crippen molar-refractivity contribution in [2.75, 3.05) is 7.05 Å². The molecule has 0 aliphatic carbocycles. The predicted molar refractivity (Wildman–Crippen MR) is 114 cm³/mol. The quantitative estimate of drug-likeness (QED) is 0.487. The van der Waals surface area contributed by atoms with Gasteiger partial charge in [0.25, 0.3) is 5.91 Å². The normalized spacial score (nSPS) is 10.7. The lowest BCUT2D eigenvalue weighted by Crippen LogP contribution is -2.27. The lowest BCUT2D eigenvalue weighted by atomic mass is 10.1. The van der Waals surface area contributed by atoms with Gasteiger partial charge < -0.3 is 9.64 Å². The fourth-order valence-corrected chi connectivity index (χ4v) is 3.43. The number of amides is 1. The van der Waals surface area contributed by atoms with Crippen molar-refractivity contribution in [3.05, 3.63) is 81.0 Å². The second-order valence-corrected chi connectivity index (χ2v) is 7.69. The largest absolute Gasteiger partial charge is 0.489 e. The molecule has 1 aromatic heterocycles. The van der Waals surface area contributed by atoms with Gasteiger partial charge in [0, 0.05) is 23.6 Å². The number of aromatic nitrogens is 2. The highest BCUT2D eigenvalue weighted by atomic mass is 79.9. The molecule has 2 aromatic carbocycles. The summed E-state index contributed by atoms with van der Waals surface area (Å²) in [6.45, 7) is 3.47. The van der Waals surface area contributed by atoms with Crippen molar-refractivity contribution in [2.45, 2.75) is 26.6 Å². The molecule has 0 aliphatic heterocycles. The Hall–Kier alpha value is -2.31. The summed E-state index contributed by atoms with van der Waals surface area (Å²) in [5.74, 6) is 0.690. The van der Waals surface area contributed by atoms with Crippen LogP contribution < -0.4 is 4.74 Å². The first kappa shape index (κ1) is 20.4. The fraction of sp³-hybridized carbons (Fsp3) is 0.238. The zero-order chi connectivity index (χ0) is 20.1. The van der Waals surface area contributed by atoms with E-state index in [1.807, 2.05) is 49.4 Å². The van der Waals surface area contributed by atoms with Crippen LogP contribution in [0.1, 0.15) is 28.5 Å². The average molecular weight is 463 g/mol. The van der Waals surface area contributed by atoms with E-state index >= 15 is 0 Å². The van der Waals surface area contributed by atoms with Gasteiger partial charge in [-0.2, -0.15) is 5.10 Å². The van der Waals surface area contributed by atoms with Crippen LogP contribution in [0.2, 0.25) is 5.02 Å². The summed E-state index contributed by atoms with van der Waals surface area (Å²) < 4.78 is 8.57. The standard InChI is InChI=1S/C21H21BrClN3O2/c1-3-26-20(19(23)12-24-26)13-25(2)21(27)16-7-4-6-15(10-16)14-28-18-9-5-8-17(22)11-18/h4-12H,3,13-14H2,1-2H3. The SMILES string of the molecule is CCn1ncc(Cl)c1CN(C)C(=O)c1cccc(COc2cccc(Br)c2)c1. The van der Waals surface area contributed by atoms with E-state index < -0.39 is 0 Å². The maximum Gasteiger partial charge on any atom is 0.253 e. The van der Waals surface area contributed by atoms with Gasteiger partial charge in [0.1, 0.15) is 12.4 Å². The number of halogens is 2. The molecule has 3 aromatic rings. The molecular weight excluding hydrogens is 442 g/mol. The van der Waals surface area contributed by atoms with Crippen LogP contribution in [-0.2, 0) is 19.7 Å². The maximum atomic E-state index is 12.9. The van der Waals surface area contributed by atoms with Crippen molar-refractivity contribution in [3.8, 4) is 5.75 Å². The van der Waals surface area contributed by atoms with Gasteiger partial charge in [0.15, 0.2) is 0 Å². The number of carbonyl (C=O) groups is 1. The number of benzene rings is 2. The Morgan fingerprint density at radius 2 is 2.04 bits per heavy atom. The molecule has 0 unspecified atom stereocenters. The Labute approximate surface area is 178 Å². The molecule has 7 heteroatoms. The van der Waals surface area contributed by atoms with Crippen molar-refractivity contribution in [3.63, 3.8) is 0 Å². The average Bonchev–Trinajstić information content (AvgIpc) is 3.05. The lowest BCUT2D eigenvalue weighted by Gasteiger charge is -2.18. The topological polar surface area (TPSA) is 47.4 Å². The number of hydrogen-bond donors (Lipinski definition) is 0. The molecule has 0 bridgehead atoms. The minimum Gasteiger partial charge on any atom is -0.489 e. The second kappa shape index (κ2) is 9.26. The Morgan fingerprint density at radius 3 is 2.79 bits per heavy atom. The van der Waals surface area contributed by atoms with Crippen molar-refractivity contribution in [1.29, 1.82) is 0 Å². The van der Waals surface area contributed by atoms with E-state index in [4.69, 9.17) is 16.3 Å². The Bertz CT molecular complexity index is 974. The molecule has 0 fully saturated rings. The molecule has 3 rings (SSSR count). The molecule has 146 valence electrons. The summed E-state index contributed by atoms with van der Waals surface area (Å²) in [6.07, 6.45) is 1.61. The number of carbonyl (C=O) groups excluding carboxylic acids is 1. The van der Waals surface area contributed by atoms with Crippen LogP contribution in [0.15, 0.2) is 59.2 Å². The van der Waals surface area contributed by atoms with Gasteiger partial charge in [0.2, 0.25) is 0 Å². The summed E-state index contributed by atoms with van der Waals surface area (Å²) in [4.78, 5) is 14.5. The molecule has 0 saturated carbocycles. The first-order valence-corrected chi connectivity index (χ1v) is 10.1. The van der Waals surface area contributed by atoms with E-state index in [0.29, 0.717) is 30.3 Å². The van der Waals surface area contributed by atoms with E-state index in [9.17, 15) is 4.79 Å². The number of ether oxygens (including phenoxy) is 1. The Kier molecular flexibility index (Phi) is 6.75. The van der Waals surface area contributed by atoms with Crippen LogP contribution in [0.5, 0.6) is 5.75 Å². The van der Waals surface area contributed by atoms with Crippen LogP contribution in [0, 0.1) is 0 Å². The second-order valence-electron chi connectivity index (χ2n) is 6.36. The molecule has 1 amide bonds. The third-order valence-electron chi connectivity index (χ3n) is 4.31. The van der Waals surface area contributed by atoms with E-state index in [-0.39, 0.29) is 5.91 Å². The van der Waals surface area contributed by atoms with Crippen LogP contribution in [0.4, 0.5) is 0 Å². The highest BCUT2D eigenvalue weighted by Crippen LogP contribution is 2.20. The number of rotatable bonds is 7. The smallest absolute Gasteiger partial charge is 0.253 e. The first-order valence-electron chi connectivity index (χ1n) is 8.91. The maximum absolute atomic E-state index is 12.9.